The predicted octanol–water partition coefficient (Wildman–Crippen LogP) is 4.49. The quantitative estimate of drug-likeness (QED) is 0.788. The van der Waals surface area contributed by atoms with Crippen molar-refractivity contribution in [2.24, 2.45) is 0 Å². The second kappa shape index (κ2) is 7.13. The number of aromatic nitrogens is 1. The third-order valence-electron chi connectivity index (χ3n) is 3.81. The summed E-state index contributed by atoms with van der Waals surface area (Å²) in [5, 5.41) is 13.3. The van der Waals surface area contributed by atoms with Crippen LogP contribution in [-0.2, 0) is 0 Å². The fourth-order valence-electron chi connectivity index (χ4n) is 2.50. The molecule has 1 atom stereocenters. The van der Waals surface area contributed by atoms with E-state index in [0.29, 0.717) is 24.7 Å². The van der Waals surface area contributed by atoms with E-state index in [1.54, 1.807) is 0 Å². The Morgan fingerprint density at radius 3 is 2.41 bits per heavy atom. The van der Waals surface area contributed by atoms with E-state index in [-0.39, 0.29) is 5.92 Å². The molecule has 0 saturated carbocycles. The molecule has 0 fully saturated rings. The summed E-state index contributed by atoms with van der Waals surface area (Å²) in [5.41, 5.74) is 2.96. The molecule has 0 bridgehead atoms. The van der Waals surface area contributed by atoms with Crippen LogP contribution in [0.2, 0.25) is 0 Å². The van der Waals surface area contributed by atoms with Gasteiger partial charge in [0.15, 0.2) is 0 Å². The van der Waals surface area contributed by atoms with Crippen LogP contribution in [-0.4, -0.2) is 11.8 Å². The molecular weight excluding hydrogens is 276 g/mol. The monoisotopic (exact) mass is 298 g/mol. The van der Waals surface area contributed by atoms with Crippen LogP contribution in [0.3, 0.4) is 0 Å². The van der Waals surface area contributed by atoms with E-state index in [0.717, 1.165) is 17.0 Å². The Hall–Kier alpha value is -2.28. The lowest BCUT2D eigenvalue weighted by Gasteiger charge is -2.11. The number of nitriles is 1. The predicted molar refractivity (Wildman–Crippen MR) is 85.0 cm³/mol. The third kappa shape index (κ3) is 3.67. The van der Waals surface area contributed by atoms with Crippen molar-refractivity contribution >= 4 is 0 Å². The number of hydrogen-bond donors (Lipinski definition) is 0. The molecule has 2 aromatic rings. The van der Waals surface area contributed by atoms with Crippen LogP contribution in [0.1, 0.15) is 54.7 Å². The Balaban J connectivity index is 1.93. The third-order valence-corrected chi connectivity index (χ3v) is 3.81. The van der Waals surface area contributed by atoms with Crippen LogP contribution in [0, 0.1) is 25.2 Å². The molecule has 4 heteroatoms. The van der Waals surface area contributed by atoms with Crippen molar-refractivity contribution in [3.8, 4) is 11.8 Å². The van der Waals surface area contributed by atoms with Crippen LogP contribution in [0.15, 0.2) is 28.8 Å². The maximum Gasteiger partial charge on any atom is 0.138 e. The maximum absolute atomic E-state index is 9.37. The van der Waals surface area contributed by atoms with Crippen LogP contribution in [0.4, 0.5) is 0 Å². The highest BCUT2D eigenvalue weighted by Crippen LogP contribution is 2.26. The van der Waals surface area contributed by atoms with E-state index in [9.17, 15) is 5.26 Å². The second-order valence-electron chi connectivity index (χ2n) is 5.78. The molecule has 1 heterocycles. The van der Waals surface area contributed by atoms with Gasteiger partial charge < -0.3 is 9.26 Å². The molecule has 4 nitrogen and oxygen atoms in total. The lowest BCUT2D eigenvalue weighted by atomic mass is 9.96. The Bertz CT molecular complexity index is 631. The Kier molecular flexibility index (Phi) is 5.21. The van der Waals surface area contributed by atoms with Crippen molar-refractivity contribution < 1.29 is 9.26 Å². The number of benzene rings is 1. The normalized spacial score (nSPS) is 12.2. The topological polar surface area (TPSA) is 59.0 Å². The van der Waals surface area contributed by atoms with Gasteiger partial charge in [-0.1, -0.05) is 31.1 Å². The average Bonchev–Trinajstić information content (AvgIpc) is 2.84. The van der Waals surface area contributed by atoms with Gasteiger partial charge in [0.05, 0.1) is 24.3 Å². The van der Waals surface area contributed by atoms with Gasteiger partial charge in [-0.2, -0.15) is 5.26 Å². The summed E-state index contributed by atoms with van der Waals surface area (Å²) in [4.78, 5) is 0. The van der Waals surface area contributed by atoms with Gasteiger partial charge in [0, 0.05) is 12.0 Å². The van der Waals surface area contributed by atoms with E-state index >= 15 is 0 Å². The molecule has 1 aromatic heterocycles. The van der Waals surface area contributed by atoms with Gasteiger partial charge in [0.25, 0.3) is 0 Å². The Morgan fingerprint density at radius 2 is 1.91 bits per heavy atom. The molecule has 0 radical (unpaired) electrons. The summed E-state index contributed by atoms with van der Waals surface area (Å²) in [6, 6.07) is 10.4. The zero-order chi connectivity index (χ0) is 16.1. The first-order chi connectivity index (χ1) is 10.5. The molecule has 0 amide bonds. The summed E-state index contributed by atoms with van der Waals surface area (Å²) in [6.45, 7) is 8.52. The molecule has 0 aliphatic heterocycles. The SMILES string of the molecule is Cc1noc(C)c1C(C#N)CCOc1ccc(C(C)C)cc1. The van der Waals surface area contributed by atoms with Gasteiger partial charge in [-0.3, -0.25) is 0 Å². The van der Waals surface area contributed by atoms with Crippen molar-refractivity contribution in [3.05, 3.63) is 46.8 Å². The van der Waals surface area contributed by atoms with Crippen molar-refractivity contribution in [3.63, 3.8) is 0 Å². The van der Waals surface area contributed by atoms with E-state index in [1.165, 1.54) is 5.56 Å². The van der Waals surface area contributed by atoms with Crippen molar-refractivity contribution in [1.82, 2.24) is 5.16 Å². The van der Waals surface area contributed by atoms with Gasteiger partial charge in [0.2, 0.25) is 0 Å². The van der Waals surface area contributed by atoms with Crippen LogP contribution in [0.25, 0.3) is 0 Å². The van der Waals surface area contributed by atoms with Gasteiger partial charge >= 0.3 is 0 Å². The van der Waals surface area contributed by atoms with Crippen LogP contribution >= 0.6 is 0 Å². The number of hydrogen-bond acceptors (Lipinski definition) is 4. The highest BCUT2D eigenvalue weighted by Gasteiger charge is 2.20. The van der Waals surface area contributed by atoms with Crippen LogP contribution < -0.4 is 4.74 Å². The molecule has 2 rings (SSSR count). The molecule has 1 unspecified atom stereocenters. The minimum Gasteiger partial charge on any atom is -0.494 e. The molecule has 22 heavy (non-hydrogen) atoms. The first-order valence-corrected chi connectivity index (χ1v) is 7.58. The minimum absolute atomic E-state index is 0.249. The number of nitrogens with zero attached hydrogens (tertiary/aromatic N) is 2. The van der Waals surface area contributed by atoms with E-state index in [1.807, 2.05) is 26.0 Å². The molecule has 0 aliphatic carbocycles. The van der Waals surface area contributed by atoms with Crippen LogP contribution in [0.5, 0.6) is 5.75 Å². The summed E-state index contributed by atoms with van der Waals surface area (Å²) >= 11 is 0. The summed E-state index contributed by atoms with van der Waals surface area (Å²) in [5.74, 6) is 1.81. The fraction of sp³-hybridized carbons (Fsp3) is 0.444. The van der Waals surface area contributed by atoms with Crippen molar-refractivity contribution in [1.29, 1.82) is 5.26 Å². The Labute approximate surface area is 131 Å². The molecule has 0 aliphatic rings. The summed E-state index contributed by atoms with van der Waals surface area (Å²) < 4.78 is 10.9. The van der Waals surface area contributed by atoms with E-state index in [4.69, 9.17) is 9.26 Å². The summed E-state index contributed by atoms with van der Waals surface area (Å²) in [7, 11) is 0. The van der Waals surface area contributed by atoms with E-state index in [2.05, 4.69) is 37.2 Å². The molecular formula is C18H22N2O2. The first kappa shape index (κ1) is 16.1. The highest BCUT2D eigenvalue weighted by molar-refractivity contribution is 5.31. The summed E-state index contributed by atoms with van der Waals surface area (Å²) in [6.07, 6.45) is 0.616. The lowest BCUT2D eigenvalue weighted by molar-refractivity contribution is 0.305. The Morgan fingerprint density at radius 1 is 1.23 bits per heavy atom. The molecule has 1 aromatic carbocycles. The van der Waals surface area contributed by atoms with Gasteiger partial charge in [-0.05, 0) is 37.5 Å². The smallest absolute Gasteiger partial charge is 0.138 e. The molecule has 0 spiro atoms. The molecule has 116 valence electrons. The lowest BCUT2D eigenvalue weighted by Crippen LogP contribution is -2.06. The maximum atomic E-state index is 9.37. The van der Waals surface area contributed by atoms with Gasteiger partial charge in [-0.25, -0.2) is 0 Å². The standard InChI is InChI=1S/C18H22N2O2/c1-12(2)15-5-7-17(8-6-15)21-10-9-16(11-19)18-13(3)20-22-14(18)4/h5-8,12,16H,9-10H2,1-4H3. The molecule has 0 N–H and O–H groups in total. The first-order valence-electron chi connectivity index (χ1n) is 7.58. The number of ether oxygens (including phenoxy) is 1. The molecule has 0 saturated heterocycles. The van der Waals surface area contributed by atoms with Gasteiger partial charge in [0.1, 0.15) is 11.5 Å². The van der Waals surface area contributed by atoms with Gasteiger partial charge in [-0.15, -0.1) is 0 Å². The largest absolute Gasteiger partial charge is 0.494 e. The number of aryl methyl sites for hydroxylation is 2. The number of rotatable bonds is 6. The zero-order valence-corrected chi connectivity index (χ0v) is 13.6. The minimum atomic E-state index is -0.249. The van der Waals surface area contributed by atoms with Crippen molar-refractivity contribution in [2.45, 2.75) is 46.0 Å². The average molecular weight is 298 g/mol. The fourth-order valence-corrected chi connectivity index (χ4v) is 2.50. The second-order valence-corrected chi connectivity index (χ2v) is 5.78. The highest BCUT2D eigenvalue weighted by atomic mass is 16.5. The van der Waals surface area contributed by atoms with E-state index < -0.39 is 0 Å². The van der Waals surface area contributed by atoms with Crippen molar-refractivity contribution in [2.75, 3.05) is 6.61 Å². The zero-order valence-electron chi connectivity index (χ0n) is 13.6.